The van der Waals surface area contributed by atoms with Crippen LogP contribution < -0.4 is 10.6 Å². The summed E-state index contributed by atoms with van der Waals surface area (Å²) in [6.45, 7) is 6.20. The first kappa shape index (κ1) is 25.1. The molecule has 0 bridgehead atoms. The quantitative estimate of drug-likeness (QED) is 0.522. The van der Waals surface area contributed by atoms with E-state index in [2.05, 4.69) is 10.6 Å². The Bertz CT molecular complexity index is 823. The number of aliphatic hydroxyl groups is 1. The molecule has 0 spiro atoms. The Morgan fingerprint density at radius 3 is 2.47 bits per heavy atom. The van der Waals surface area contributed by atoms with Gasteiger partial charge in [-0.25, -0.2) is 4.79 Å². The number of nitrogens with one attached hydrogen (secondary N) is 2. The number of carbonyl (C=O) groups excluding carboxylic acids is 4. The molecular weight excluding hydrogens is 418 g/mol. The highest BCUT2D eigenvalue weighted by Crippen LogP contribution is 2.19. The van der Waals surface area contributed by atoms with Crippen LogP contribution in [0.4, 0.5) is 4.79 Å². The van der Waals surface area contributed by atoms with Gasteiger partial charge in [0.15, 0.2) is 0 Å². The SMILES string of the molecule is C[C@H](NC(=O)OC(C)(C)C)C(=O)N1C[C@H](O)C[C@H]1C(=O)NCC(=O)OCc1ccccc1. The average molecular weight is 450 g/mol. The minimum Gasteiger partial charge on any atom is -0.460 e. The zero-order valence-electron chi connectivity index (χ0n) is 18.8. The number of likely N-dealkylation sites (tertiary alicyclic amines) is 1. The lowest BCUT2D eigenvalue weighted by molar-refractivity contribution is -0.146. The summed E-state index contributed by atoms with van der Waals surface area (Å²) in [4.78, 5) is 50.4. The molecular formula is C22H31N3O7. The number of carbonyl (C=O) groups is 4. The van der Waals surface area contributed by atoms with Crippen molar-refractivity contribution >= 4 is 23.9 Å². The number of nitrogens with zero attached hydrogens (tertiary/aromatic N) is 1. The number of aliphatic hydroxyl groups excluding tert-OH is 1. The number of amides is 3. The van der Waals surface area contributed by atoms with Gasteiger partial charge in [-0.1, -0.05) is 30.3 Å². The Morgan fingerprint density at radius 1 is 1.19 bits per heavy atom. The number of rotatable bonds is 7. The van der Waals surface area contributed by atoms with E-state index in [9.17, 15) is 24.3 Å². The number of β-amino-alcohol motifs (C(OH)–C–C–N with tert-alkyl or cyclic N) is 1. The summed E-state index contributed by atoms with van der Waals surface area (Å²) < 4.78 is 10.2. The Hall–Kier alpha value is -3.14. The molecule has 1 heterocycles. The molecule has 1 aromatic carbocycles. The molecule has 176 valence electrons. The number of ether oxygens (including phenoxy) is 2. The molecule has 0 radical (unpaired) electrons. The lowest BCUT2D eigenvalue weighted by Gasteiger charge is -2.27. The van der Waals surface area contributed by atoms with Crippen molar-refractivity contribution in [3.63, 3.8) is 0 Å². The molecule has 0 aromatic heterocycles. The average Bonchev–Trinajstić information content (AvgIpc) is 3.10. The van der Waals surface area contributed by atoms with Crippen molar-refractivity contribution in [1.82, 2.24) is 15.5 Å². The lowest BCUT2D eigenvalue weighted by Crippen LogP contribution is -2.53. The fourth-order valence-electron chi connectivity index (χ4n) is 3.17. The zero-order valence-corrected chi connectivity index (χ0v) is 18.8. The van der Waals surface area contributed by atoms with E-state index in [4.69, 9.17) is 9.47 Å². The van der Waals surface area contributed by atoms with E-state index in [0.717, 1.165) is 5.56 Å². The van der Waals surface area contributed by atoms with Gasteiger partial charge in [0, 0.05) is 13.0 Å². The molecule has 3 N–H and O–H groups in total. The van der Waals surface area contributed by atoms with Gasteiger partial charge in [-0.3, -0.25) is 14.4 Å². The summed E-state index contributed by atoms with van der Waals surface area (Å²) >= 11 is 0. The van der Waals surface area contributed by atoms with Gasteiger partial charge in [-0.15, -0.1) is 0 Å². The highest BCUT2D eigenvalue weighted by molar-refractivity contribution is 5.92. The fourth-order valence-corrected chi connectivity index (χ4v) is 3.17. The largest absolute Gasteiger partial charge is 0.460 e. The molecule has 0 unspecified atom stereocenters. The van der Waals surface area contributed by atoms with Gasteiger partial charge in [0.2, 0.25) is 11.8 Å². The summed E-state index contributed by atoms with van der Waals surface area (Å²) in [7, 11) is 0. The molecule has 0 saturated carbocycles. The molecule has 1 saturated heterocycles. The van der Waals surface area contributed by atoms with Crippen molar-refractivity contribution in [2.75, 3.05) is 13.1 Å². The Balaban J connectivity index is 1.87. The lowest BCUT2D eigenvalue weighted by atomic mass is 10.1. The second kappa shape index (κ2) is 10.9. The second-order valence-electron chi connectivity index (χ2n) is 8.63. The van der Waals surface area contributed by atoms with Crippen LogP contribution in [-0.4, -0.2) is 70.8 Å². The summed E-state index contributed by atoms with van der Waals surface area (Å²) in [6.07, 6.45) is -1.63. The normalized spacial score (nSPS) is 19.1. The first-order valence-corrected chi connectivity index (χ1v) is 10.4. The van der Waals surface area contributed by atoms with Crippen LogP contribution in [0.25, 0.3) is 0 Å². The van der Waals surface area contributed by atoms with Crippen LogP contribution in [0.1, 0.15) is 39.7 Å². The topological polar surface area (TPSA) is 134 Å². The van der Waals surface area contributed by atoms with Crippen molar-refractivity contribution in [2.45, 2.75) is 64.5 Å². The number of hydrogen-bond acceptors (Lipinski definition) is 7. The van der Waals surface area contributed by atoms with Gasteiger partial charge in [0.25, 0.3) is 0 Å². The Kier molecular flexibility index (Phi) is 8.59. The molecule has 1 aliphatic rings. The highest BCUT2D eigenvalue weighted by Gasteiger charge is 2.40. The minimum absolute atomic E-state index is 0.0236. The van der Waals surface area contributed by atoms with Crippen LogP contribution in [-0.2, 0) is 30.5 Å². The predicted octanol–water partition coefficient (Wildman–Crippen LogP) is 0.721. The van der Waals surface area contributed by atoms with Crippen LogP contribution in [0.2, 0.25) is 0 Å². The van der Waals surface area contributed by atoms with Crippen molar-refractivity contribution < 1.29 is 33.8 Å². The third kappa shape index (κ3) is 7.84. The third-order valence-electron chi connectivity index (χ3n) is 4.62. The van der Waals surface area contributed by atoms with Crippen LogP contribution in [0.5, 0.6) is 0 Å². The molecule has 1 fully saturated rings. The van der Waals surface area contributed by atoms with E-state index in [1.54, 1.807) is 20.8 Å². The molecule has 1 aromatic rings. The van der Waals surface area contributed by atoms with E-state index in [0.29, 0.717) is 0 Å². The van der Waals surface area contributed by atoms with Gasteiger partial charge in [-0.2, -0.15) is 0 Å². The van der Waals surface area contributed by atoms with Crippen molar-refractivity contribution in [1.29, 1.82) is 0 Å². The molecule has 10 nitrogen and oxygen atoms in total. The fraction of sp³-hybridized carbons (Fsp3) is 0.545. The van der Waals surface area contributed by atoms with Crippen LogP contribution in [0, 0.1) is 0 Å². The van der Waals surface area contributed by atoms with E-state index >= 15 is 0 Å². The predicted molar refractivity (Wildman–Crippen MR) is 114 cm³/mol. The van der Waals surface area contributed by atoms with Crippen molar-refractivity contribution in [3.8, 4) is 0 Å². The summed E-state index contributed by atoms with van der Waals surface area (Å²) in [5.41, 5.74) is 0.0863. The molecule has 0 aliphatic carbocycles. The third-order valence-corrected chi connectivity index (χ3v) is 4.62. The highest BCUT2D eigenvalue weighted by atomic mass is 16.6. The maximum Gasteiger partial charge on any atom is 0.408 e. The number of esters is 1. The minimum atomic E-state index is -0.971. The molecule has 32 heavy (non-hydrogen) atoms. The smallest absolute Gasteiger partial charge is 0.408 e. The van der Waals surface area contributed by atoms with E-state index in [1.165, 1.54) is 11.8 Å². The van der Waals surface area contributed by atoms with Gasteiger partial charge in [-0.05, 0) is 33.3 Å². The Labute approximate surface area is 187 Å². The standard InChI is InChI=1S/C22H31N3O7/c1-14(24-21(30)32-22(2,3)4)20(29)25-12-16(26)10-17(25)19(28)23-11-18(27)31-13-15-8-6-5-7-9-15/h5-9,14,16-17,26H,10-13H2,1-4H3,(H,23,28)(H,24,30)/t14-,16+,17-/m0/s1. The van der Waals surface area contributed by atoms with Crippen molar-refractivity contribution in [2.24, 2.45) is 0 Å². The molecule has 10 heteroatoms. The van der Waals surface area contributed by atoms with E-state index in [1.807, 2.05) is 30.3 Å². The summed E-state index contributed by atoms with van der Waals surface area (Å²) in [5.74, 6) is -1.76. The first-order valence-electron chi connectivity index (χ1n) is 10.4. The van der Waals surface area contributed by atoms with E-state index < -0.39 is 47.7 Å². The molecule has 1 aliphatic heterocycles. The van der Waals surface area contributed by atoms with Crippen LogP contribution >= 0.6 is 0 Å². The second-order valence-corrected chi connectivity index (χ2v) is 8.63. The van der Waals surface area contributed by atoms with Gasteiger partial charge in [0.05, 0.1) is 6.10 Å². The van der Waals surface area contributed by atoms with Crippen LogP contribution in [0.15, 0.2) is 30.3 Å². The Morgan fingerprint density at radius 2 is 1.84 bits per heavy atom. The van der Waals surface area contributed by atoms with Gasteiger partial charge in [0.1, 0.15) is 30.8 Å². The maximum absolute atomic E-state index is 12.8. The monoisotopic (exact) mass is 449 g/mol. The van der Waals surface area contributed by atoms with E-state index in [-0.39, 0.29) is 26.1 Å². The van der Waals surface area contributed by atoms with Crippen LogP contribution in [0.3, 0.4) is 0 Å². The maximum atomic E-state index is 12.8. The molecule has 2 rings (SSSR count). The van der Waals surface area contributed by atoms with Gasteiger partial charge < -0.3 is 30.1 Å². The number of benzene rings is 1. The summed E-state index contributed by atoms with van der Waals surface area (Å²) in [6, 6.07) is 7.16. The first-order chi connectivity index (χ1) is 15.0. The zero-order chi connectivity index (χ0) is 23.9. The molecule has 3 amide bonds. The molecule has 3 atom stereocenters. The number of alkyl carbamates (subject to hydrolysis) is 1. The summed E-state index contributed by atoms with van der Waals surface area (Å²) in [5, 5.41) is 14.9. The van der Waals surface area contributed by atoms with Crippen molar-refractivity contribution in [3.05, 3.63) is 35.9 Å². The van der Waals surface area contributed by atoms with Gasteiger partial charge >= 0.3 is 12.1 Å². The number of hydrogen-bond donors (Lipinski definition) is 3.